The molecule has 0 aliphatic carbocycles. The number of piperidine rings is 1. The van der Waals surface area contributed by atoms with Crippen LogP contribution in [0.1, 0.15) is 18.7 Å². The van der Waals surface area contributed by atoms with Gasteiger partial charge in [-0.3, -0.25) is 0 Å². The number of hydrogen-bond acceptors (Lipinski definition) is 7. The average Bonchev–Trinajstić information content (AvgIpc) is 3.04. The lowest BCUT2D eigenvalue weighted by Gasteiger charge is -2.21. The van der Waals surface area contributed by atoms with E-state index in [0.29, 0.717) is 24.0 Å². The molecule has 7 nitrogen and oxygen atoms in total. The van der Waals surface area contributed by atoms with E-state index in [1.165, 1.54) is 12.3 Å². The molecule has 0 aromatic carbocycles. The molecule has 1 saturated heterocycles. The van der Waals surface area contributed by atoms with E-state index in [-0.39, 0.29) is 30.7 Å². The second kappa shape index (κ2) is 9.59. The predicted octanol–water partition coefficient (Wildman–Crippen LogP) is 2.67. The van der Waals surface area contributed by atoms with Crippen molar-refractivity contribution in [3.05, 3.63) is 24.2 Å². The van der Waals surface area contributed by atoms with E-state index in [0.717, 1.165) is 25.9 Å². The number of pyridine rings is 1. The summed E-state index contributed by atoms with van der Waals surface area (Å²) in [6, 6.07) is 2.92. The van der Waals surface area contributed by atoms with Gasteiger partial charge >= 0.3 is 6.61 Å². The summed E-state index contributed by atoms with van der Waals surface area (Å²) < 4.78 is 39.4. The molecule has 1 aliphatic rings. The maximum atomic E-state index is 12.2. The molecule has 2 aromatic rings. The molecule has 1 N–H and O–H groups in total. The molecule has 1 fully saturated rings. The quantitative estimate of drug-likeness (QED) is 0.795. The van der Waals surface area contributed by atoms with Crippen molar-refractivity contribution in [2.75, 3.05) is 19.7 Å². The summed E-state index contributed by atoms with van der Waals surface area (Å²) in [6.45, 7) is -0.0197. The van der Waals surface area contributed by atoms with Crippen LogP contribution < -0.4 is 10.1 Å². The topological polar surface area (TPSA) is 82.3 Å². The van der Waals surface area contributed by atoms with Gasteiger partial charge in [0.15, 0.2) is 0 Å². The third-order valence-corrected chi connectivity index (χ3v) is 3.71. The largest absolute Gasteiger partial charge is 0.417 e. The van der Waals surface area contributed by atoms with E-state index in [9.17, 15) is 8.78 Å². The number of rotatable bonds is 7. The highest BCUT2D eigenvalue weighted by Crippen LogP contribution is 2.21. The van der Waals surface area contributed by atoms with Crippen LogP contribution in [-0.4, -0.2) is 41.4 Å². The van der Waals surface area contributed by atoms with E-state index >= 15 is 0 Å². The van der Waals surface area contributed by atoms with Gasteiger partial charge in [-0.15, -0.1) is 12.4 Å². The number of nitrogens with one attached hydrogen (secondary N) is 1. The van der Waals surface area contributed by atoms with Gasteiger partial charge in [-0.05, 0) is 37.9 Å². The van der Waals surface area contributed by atoms with E-state index in [1.807, 2.05) is 0 Å². The van der Waals surface area contributed by atoms with Crippen molar-refractivity contribution in [3.8, 4) is 17.3 Å². The fourth-order valence-corrected chi connectivity index (χ4v) is 2.50. The highest BCUT2D eigenvalue weighted by Gasteiger charge is 2.15. The van der Waals surface area contributed by atoms with Crippen LogP contribution >= 0.6 is 12.4 Å². The normalized spacial score (nSPS) is 15.2. The van der Waals surface area contributed by atoms with Crippen LogP contribution in [-0.2, 0) is 11.3 Å². The van der Waals surface area contributed by atoms with Gasteiger partial charge in [0.2, 0.25) is 11.7 Å². The smallest absolute Gasteiger partial charge is 0.388 e. The lowest BCUT2D eigenvalue weighted by atomic mass is 9.99. The number of aromatic nitrogens is 3. The second-order valence-corrected chi connectivity index (χ2v) is 5.48. The average molecular weight is 377 g/mol. The Bertz CT molecular complexity index is 653. The van der Waals surface area contributed by atoms with Crippen LogP contribution in [0.3, 0.4) is 0 Å². The van der Waals surface area contributed by atoms with Gasteiger partial charge in [-0.25, -0.2) is 4.98 Å². The summed E-state index contributed by atoms with van der Waals surface area (Å²) >= 11 is 0. The summed E-state index contributed by atoms with van der Waals surface area (Å²) in [7, 11) is 0. The first-order valence-electron chi connectivity index (χ1n) is 7.73. The summed E-state index contributed by atoms with van der Waals surface area (Å²) in [4.78, 5) is 7.89. The van der Waals surface area contributed by atoms with Crippen molar-refractivity contribution >= 4 is 12.4 Å². The van der Waals surface area contributed by atoms with Crippen LogP contribution in [0.15, 0.2) is 22.9 Å². The molecule has 0 atom stereocenters. The molecule has 138 valence electrons. The first-order valence-corrected chi connectivity index (χ1v) is 7.73. The number of alkyl halides is 2. The van der Waals surface area contributed by atoms with Crippen molar-refractivity contribution < 1.29 is 22.8 Å². The van der Waals surface area contributed by atoms with E-state index in [2.05, 4.69) is 25.2 Å². The zero-order valence-electron chi connectivity index (χ0n) is 13.4. The first kappa shape index (κ1) is 19.5. The molecule has 0 bridgehead atoms. The fraction of sp³-hybridized carbons (Fsp3) is 0.533. The molecular formula is C15H19ClF2N4O3. The van der Waals surface area contributed by atoms with Gasteiger partial charge in [0.1, 0.15) is 6.61 Å². The maximum absolute atomic E-state index is 12.2. The molecule has 0 amide bonds. The summed E-state index contributed by atoms with van der Waals surface area (Å²) in [5.74, 6) is 0.961. The maximum Gasteiger partial charge on any atom is 0.388 e. The molecule has 1 aliphatic heterocycles. The molecule has 25 heavy (non-hydrogen) atoms. The SMILES string of the molecule is Cl.FC(F)Oc1cc(-c2noc(COCC3CCNCC3)n2)ccn1. The Hall–Kier alpha value is -1.84. The Morgan fingerprint density at radius 2 is 2.12 bits per heavy atom. The Morgan fingerprint density at radius 3 is 2.88 bits per heavy atom. The molecule has 0 spiro atoms. The monoisotopic (exact) mass is 376 g/mol. The highest BCUT2D eigenvalue weighted by atomic mass is 35.5. The van der Waals surface area contributed by atoms with Gasteiger partial charge in [-0.2, -0.15) is 13.8 Å². The second-order valence-electron chi connectivity index (χ2n) is 5.48. The lowest BCUT2D eigenvalue weighted by Crippen LogP contribution is -2.29. The summed E-state index contributed by atoms with van der Waals surface area (Å²) in [5.41, 5.74) is 0.481. The Kier molecular flexibility index (Phi) is 7.48. The van der Waals surface area contributed by atoms with Crippen molar-refractivity contribution in [2.45, 2.75) is 26.1 Å². The minimum absolute atomic E-state index is 0. The Balaban J connectivity index is 0.00000225. The van der Waals surface area contributed by atoms with E-state index in [1.54, 1.807) is 6.07 Å². The van der Waals surface area contributed by atoms with E-state index < -0.39 is 6.61 Å². The molecule has 2 aromatic heterocycles. The molecule has 10 heteroatoms. The minimum Gasteiger partial charge on any atom is -0.417 e. The van der Waals surface area contributed by atoms with Crippen LogP contribution in [0.2, 0.25) is 0 Å². The highest BCUT2D eigenvalue weighted by molar-refractivity contribution is 5.85. The number of ether oxygens (including phenoxy) is 2. The van der Waals surface area contributed by atoms with Crippen LogP contribution in [0.25, 0.3) is 11.4 Å². The summed E-state index contributed by atoms with van der Waals surface area (Å²) in [5, 5.41) is 7.13. The van der Waals surface area contributed by atoms with Crippen LogP contribution in [0.4, 0.5) is 8.78 Å². The molecule has 3 rings (SSSR count). The fourth-order valence-electron chi connectivity index (χ4n) is 2.50. The van der Waals surface area contributed by atoms with E-state index in [4.69, 9.17) is 9.26 Å². The third kappa shape index (κ3) is 5.87. The molecular weight excluding hydrogens is 358 g/mol. The van der Waals surface area contributed by atoms with Crippen LogP contribution in [0, 0.1) is 5.92 Å². The summed E-state index contributed by atoms with van der Waals surface area (Å²) in [6.07, 6.45) is 3.54. The molecule has 0 saturated carbocycles. The predicted molar refractivity (Wildman–Crippen MR) is 86.7 cm³/mol. The first-order chi connectivity index (χ1) is 11.7. The standard InChI is InChI=1S/C15H18F2N4O3.ClH/c16-15(17)23-12-7-11(3-6-19-12)14-20-13(24-21-14)9-22-8-10-1-4-18-5-2-10;/h3,6-7,10,15,18H,1-2,4-5,8-9H2;1H. The lowest BCUT2D eigenvalue weighted by molar-refractivity contribution is -0.0528. The van der Waals surface area contributed by atoms with Gasteiger partial charge < -0.3 is 19.3 Å². The van der Waals surface area contributed by atoms with Gasteiger partial charge in [0.05, 0.1) is 6.61 Å². The van der Waals surface area contributed by atoms with Crippen molar-refractivity contribution in [2.24, 2.45) is 5.92 Å². The molecule has 0 unspecified atom stereocenters. The van der Waals surface area contributed by atoms with Gasteiger partial charge in [0.25, 0.3) is 5.89 Å². The number of halogens is 3. The van der Waals surface area contributed by atoms with Crippen molar-refractivity contribution in [3.63, 3.8) is 0 Å². The van der Waals surface area contributed by atoms with Crippen LogP contribution in [0.5, 0.6) is 5.88 Å². The molecule has 3 heterocycles. The Labute approximate surface area is 149 Å². The van der Waals surface area contributed by atoms with Crippen molar-refractivity contribution in [1.29, 1.82) is 0 Å². The zero-order valence-corrected chi connectivity index (χ0v) is 14.2. The third-order valence-electron chi connectivity index (χ3n) is 3.71. The molecule has 0 radical (unpaired) electrons. The van der Waals surface area contributed by atoms with Gasteiger partial charge in [0, 0.05) is 17.8 Å². The zero-order chi connectivity index (χ0) is 16.8. The Morgan fingerprint density at radius 1 is 1.32 bits per heavy atom. The number of hydrogen-bond donors (Lipinski definition) is 1. The van der Waals surface area contributed by atoms with Crippen molar-refractivity contribution in [1.82, 2.24) is 20.4 Å². The minimum atomic E-state index is -2.93. The van der Waals surface area contributed by atoms with Gasteiger partial charge in [-0.1, -0.05) is 5.16 Å². The number of nitrogens with zero attached hydrogens (tertiary/aromatic N) is 3.